The smallest absolute Gasteiger partial charge is 0.227 e. The number of carbonyl (C=O) groups excluding carboxylic acids is 1. The predicted molar refractivity (Wildman–Crippen MR) is 100 cm³/mol. The first-order valence-corrected chi connectivity index (χ1v) is 9.28. The molecule has 0 spiro atoms. The van der Waals surface area contributed by atoms with Gasteiger partial charge in [0.2, 0.25) is 5.91 Å². The van der Waals surface area contributed by atoms with Gasteiger partial charge in [-0.3, -0.25) is 4.79 Å². The quantitative estimate of drug-likeness (QED) is 0.810. The first kappa shape index (κ1) is 18.6. The van der Waals surface area contributed by atoms with Crippen LogP contribution in [0.3, 0.4) is 0 Å². The van der Waals surface area contributed by atoms with Gasteiger partial charge in [-0.15, -0.1) is 11.8 Å². The molecule has 2 aromatic carbocycles. The Bertz CT molecular complexity index is 687. The Morgan fingerprint density at radius 2 is 1.88 bits per heavy atom. The molecule has 0 radical (unpaired) electrons. The summed E-state index contributed by atoms with van der Waals surface area (Å²) in [5.41, 5.74) is 3.01. The highest BCUT2D eigenvalue weighted by molar-refractivity contribution is 7.98. The molecule has 0 aromatic heterocycles. The first-order valence-electron chi connectivity index (χ1n) is 8.06. The number of hydrogen-bond donors (Lipinski definition) is 1. The van der Waals surface area contributed by atoms with Crippen LogP contribution in [-0.4, -0.2) is 35.3 Å². The average molecular weight is 343 g/mol. The summed E-state index contributed by atoms with van der Waals surface area (Å²) in [4.78, 5) is 15.4. The van der Waals surface area contributed by atoms with Gasteiger partial charge in [0.25, 0.3) is 0 Å². The van der Waals surface area contributed by atoms with Gasteiger partial charge in [-0.25, -0.2) is 0 Å². The van der Waals surface area contributed by atoms with Crippen LogP contribution < -0.4 is 0 Å². The molecule has 0 fully saturated rings. The van der Waals surface area contributed by atoms with E-state index >= 15 is 0 Å². The zero-order valence-corrected chi connectivity index (χ0v) is 15.5. The van der Waals surface area contributed by atoms with Crippen LogP contribution in [0.4, 0.5) is 0 Å². The minimum atomic E-state index is -0.694. The maximum atomic E-state index is 12.6. The molecule has 0 aliphatic rings. The molecule has 2 aromatic rings. The van der Waals surface area contributed by atoms with E-state index in [1.807, 2.05) is 49.6 Å². The van der Waals surface area contributed by atoms with Crippen molar-refractivity contribution in [1.29, 1.82) is 0 Å². The number of likely N-dealkylation sites (N-methyl/N-ethyl adjacent to an activating group) is 1. The van der Waals surface area contributed by atoms with Gasteiger partial charge >= 0.3 is 0 Å². The lowest BCUT2D eigenvalue weighted by atomic mass is 10.0. The predicted octanol–water partition coefficient (Wildman–Crippen LogP) is 3.84. The van der Waals surface area contributed by atoms with Gasteiger partial charge in [0.1, 0.15) is 0 Å². The van der Waals surface area contributed by atoms with E-state index in [1.165, 1.54) is 10.5 Å². The molecule has 0 heterocycles. The second-order valence-corrected chi connectivity index (χ2v) is 6.93. The highest BCUT2D eigenvalue weighted by atomic mass is 32.2. The highest BCUT2D eigenvalue weighted by Crippen LogP contribution is 2.23. The molecule has 2 atom stereocenters. The fourth-order valence-electron chi connectivity index (χ4n) is 2.72. The Hall–Kier alpha value is -1.78. The second-order valence-electron chi connectivity index (χ2n) is 6.08. The van der Waals surface area contributed by atoms with Crippen molar-refractivity contribution in [3.63, 3.8) is 0 Å². The van der Waals surface area contributed by atoms with E-state index in [1.54, 1.807) is 23.7 Å². The number of aliphatic hydroxyl groups excluding tert-OH is 1. The SMILES string of the molecule is CSc1ccc(CC(=O)N(C)C(C)C(O)c2ccccc2)cc1C. The van der Waals surface area contributed by atoms with E-state index in [0.717, 1.165) is 11.1 Å². The third-order valence-electron chi connectivity index (χ3n) is 4.42. The molecule has 4 heteroatoms. The number of aryl methyl sites for hydroxylation is 1. The van der Waals surface area contributed by atoms with Gasteiger partial charge in [0.15, 0.2) is 0 Å². The van der Waals surface area contributed by atoms with E-state index in [0.29, 0.717) is 6.42 Å². The monoisotopic (exact) mass is 343 g/mol. The van der Waals surface area contributed by atoms with Crippen LogP contribution in [0.5, 0.6) is 0 Å². The lowest BCUT2D eigenvalue weighted by molar-refractivity contribution is -0.133. The number of rotatable bonds is 6. The molecule has 128 valence electrons. The van der Waals surface area contributed by atoms with Crippen molar-refractivity contribution < 1.29 is 9.90 Å². The molecule has 0 saturated heterocycles. The molecule has 1 amide bonds. The number of benzene rings is 2. The molecule has 0 bridgehead atoms. The molecule has 1 N–H and O–H groups in total. The standard InChI is InChI=1S/C20H25NO2S/c1-14-12-16(10-11-18(14)24-4)13-19(22)21(3)15(2)20(23)17-8-6-5-7-9-17/h5-12,15,20,23H,13H2,1-4H3. The summed E-state index contributed by atoms with van der Waals surface area (Å²) in [7, 11) is 1.75. The largest absolute Gasteiger partial charge is 0.386 e. The topological polar surface area (TPSA) is 40.5 Å². The van der Waals surface area contributed by atoms with Crippen molar-refractivity contribution >= 4 is 17.7 Å². The number of amides is 1. The summed E-state index contributed by atoms with van der Waals surface area (Å²) < 4.78 is 0. The fourth-order valence-corrected chi connectivity index (χ4v) is 3.30. The van der Waals surface area contributed by atoms with Crippen molar-refractivity contribution in [3.05, 3.63) is 65.2 Å². The van der Waals surface area contributed by atoms with E-state index in [9.17, 15) is 9.90 Å². The Morgan fingerprint density at radius 1 is 1.21 bits per heavy atom. The third-order valence-corrected chi connectivity index (χ3v) is 5.31. The number of aliphatic hydroxyl groups is 1. The Morgan fingerprint density at radius 3 is 2.46 bits per heavy atom. The van der Waals surface area contributed by atoms with Crippen LogP contribution in [0.2, 0.25) is 0 Å². The number of nitrogens with zero attached hydrogens (tertiary/aromatic N) is 1. The molecule has 2 rings (SSSR count). The van der Waals surface area contributed by atoms with Crippen molar-refractivity contribution in [2.45, 2.75) is 37.3 Å². The van der Waals surface area contributed by atoms with Gasteiger partial charge < -0.3 is 10.0 Å². The molecule has 0 aliphatic heterocycles. The van der Waals surface area contributed by atoms with Crippen LogP contribution in [0.1, 0.15) is 29.7 Å². The minimum absolute atomic E-state index is 0.00813. The van der Waals surface area contributed by atoms with Crippen LogP contribution in [0.15, 0.2) is 53.4 Å². The summed E-state index contributed by atoms with van der Waals surface area (Å²) in [5.74, 6) is 0.00813. The first-order chi connectivity index (χ1) is 11.4. The van der Waals surface area contributed by atoms with Crippen LogP contribution in [-0.2, 0) is 11.2 Å². The second kappa shape index (κ2) is 8.36. The van der Waals surface area contributed by atoms with E-state index in [-0.39, 0.29) is 11.9 Å². The molecule has 0 saturated carbocycles. The highest BCUT2D eigenvalue weighted by Gasteiger charge is 2.24. The number of carbonyl (C=O) groups is 1. The maximum absolute atomic E-state index is 12.6. The molecule has 0 aliphatic carbocycles. The minimum Gasteiger partial charge on any atom is -0.386 e. The summed E-state index contributed by atoms with van der Waals surface area (Å²) in [6.45, 7) is 3.93. The van der Waals surface area contributed by atoms with Crippen molar-refractivity contribution in [3.8, 4) is 0 Å². The molecule has 2 unspecified atom stereocenters. The van der Waals surface area contributed by atoms with Crippen molar-refractivity contribution in [2.24, 2.45) is 0 Å². The summed E-state index contributed by atoms with van der Waals surface area (Å²) >= 11 is 1.71. The maximum Gasteiger partial charge on any atom is 0.227 e. The van der Waals surface area contributed by atoms with Gasteiger partial charge in [0.05, 0.1) is 18.6 Å². The number of hydrogen-bond acceptors (Lipinski definition) is 3. The molecular formula is C20H25NO2S. The summed E-state index contributed by atoms with van der Waals surface area (Å²) in [6, 6.07) is 15.3. The lowest BCUT2D eigenvalue weighted by Crippen LogP contribution is -2.39. The number of thioether (sulfide) groups is 1. The normalized spacial score (nSPS) is 13.4. The third kappa shape index (κ3) is 4.40. The van der Waals surface area contributed by atoms with Crippen LogP contribution in [0.25, 0.3) is 0 Å². The zero-order valence-electron chi connectivity index (χ0n) is 14.7. The van der Waals surface area contributed by atoms with Crippen LogP contribution >= 0.6 is 11.8 Å². The van der Waals surface area contributed by atoms with E-state index < -0.39 is 6.10 Å². The van der Waals surface area contributed by atoms with Crippen molar-refractivity contribution in [1.82, 2.24) is 4.90 Å². The molecule has 24 heavy (non-hydrogen) atoms. The van der Waals surface area contributed by atoms with Gasteiger partial charge in [-0.2, -0.15) is 0 Å². The van der Waals surface area contributed by atoms with Crippen molar-refractivity contribution in [2.75, 3.05) is 13.3 Å². The van der Waals surface area contributed by atoms with Gasteiger partial charge in [-0.05, 0) is 42.9 Å². The van der Waals surface area contributed by atoms with E-state index in [4.69, 9.17) is 0 Å². The lowest BCUT2D eigenvalue weighted by Gasteiger charge is -2.29. The van der Waals surface area contributed by atoms with Gasteiger partial charge in [0, 0.05) is 11.9 Å². The molecule has 3 nitrogen and oxygen atoms in total. The Balaban J connectivity index is 2.04. The Labute approximate surface area is 148 Å². The average Bonchev–Trinajstić information content (AvgIpc) is 2.60. The summed E-state index contributed by atoms with van der Waals surface area (Å²) in [5, 5.41) is 10.5. The molecular weight excluding hydrogens is 318 g/mol. The van der Waals surface area contributed by atoms with E-state index in [2.05, 4.69) is 19.1 Å². The fraction of sp³-hybridized carbons (Fsp3) is 0.350. The zero-order chi connectivity index (χ0) is 17.7. The summed E-state index contributed by atoms with van der Waals surface area (Å²) in [6.07, 6.45) is 1.70. The van der Waals surface area contributed by atoms with Crippen LogP contribution in [0, 0.1) is 6.92 Å². The van der Waals surface area contributed by atoms with Gasteiger partial charge in [-0.1, -0.05) is 42.5 Å². The Kier molecular flexibility index (Phi) is 6.46.